The molecule has 1 aliphatic heterocycles. The Morgan fingerprint density at radius 2 is 2.06 bits per heavy atom. The number of nitrogens with zero attached hydrogens (tertiary/aromatic N) is 1. The van der Waals surface area contributed by atoms with Crippen LogP contribution in [0.25, 0.3) is 0 Å². The van der Waals surface area contributed by atoms with Gasteiger partial charge in [-0.05, 0) is 38.5 Å². The fraction of sp³-hybridized carbons (Fsp3) is 0.929. The second-order valence-corrected chi connectivity index (χ2v) is 5.67. The molecule has 0 radical (unpaired) electrons. The van der Waals surface area contributed by atoms with E-state index in [-0.39, 0.29) is 12.0 Å². The number of carbonyl (C=O) groups is 1. The van der Waals surface area contributed by atoms with Crippen molar-refractivity contribution in [3.8, 4) is 0 Å². The van der Waals surface area contributed by atoms with Gasteiger partial charge in [0.1, 0.15) is 0 Å². The van der Waals surface area contributed by atoms with Gasteiger partial charge in [0.15, 0.2) is 0 Å². The molecule has 0 aromatic carbocycles. The summed E-state index contributed by atoms with van der Waals surface area (Å²) in [6.07, 6.45) is 9.15. The number of rotatable bonds is 3. The highest BCUT2D eigenvalue weighted by Gasteiger charge is 2.36. The topological polar surface area (TPSA) is 46.3 Å². The second-order valence-electron chi connectivity index (χ2n) is 5.67. The standard InChI is InChI=1S/C14H26N2O/c1-2-6-11-7-3-4-10-16(11)14(17)12-8-5-9-13(12)15/h11-13H,2-10,15H2,1H3. The highest BCUT2D eigenvalue weighted by Crippen LogP contribution is 2.29. The lowest BCUT2D eigenvalue weighted by atomic mass is 9.94. The summed E-state index contributed by atoms with van der Waals surface area (Å²) in [6.45, 7) is 3.17. The Labute approximate surface area is 105 Å². The average Bonchev–Trinajstić information content (AvgIpc) is 2.76. The lowest BCUT2D eigenvalue weighted by Gasteiger charge is -2.38. The van der Waals surface area contributed by atoms with Crippen LogP contribution < -0.4 is 5.73 Å². The van der Waals surface area contributed by atoms with Gasteiger partial charge in [-0.2, -0.15) is 0 Å². The van der Waals surface area contributed by atoms with Gasteiger partial charge in [0.25, 0.3) is 0 Å². The molecular weight excluding hydrogens is 212 g/mol. The zero-order valence-corrected chi connectivity index (χ0v) is 11.0. The van der Waals surface area contributed by atoms with Gasteiger partial charge < -0.3 is 10.6 Å². The van der Waals surface area contributed by atoms with E-state index in [0.29, 0.717) is 11.9 Å². The molecule has 98 valence electrons. The van der Waals surface area contributed by atoms with Crippen molar-refractivity contribution < 1.29 is 4.79 Å². The summed E-state index contributed by atoms with van der Waals surface area (Å²) in [5.74, 6) is 0.473. The van der Waals surface area contributed by atoms with Crippen molar-refractivity contribution in [3.05, 3.63) is 0 Å². The number of likely N-dealkylation sites (tertiary alicyclic amines) is 1. The van der Waals surface area contributed by atoms with E-state index in [1.807, 2.05) is 0 Å². The van der Waals surface area contributed by atoms with E-state index in [1.54, 1.807) is 0 Å². The van der Waals surface area contributed by atoms with E-state index in [4.69, 9.17) is 5.73 Å². The van der Waals surface area contributed by atoms with Gasteiger partial charge in [-0.1, -0.05) is 19.8 Å². The van der Waals surface area contributed by atoms with Crippen LogP contribution in [0.15, 0.2) is 0 Å². The second kappa shape index (κ2) is 5.85. The van der Waals surface area contributed by atoms with Crippen LogP contribution in [0.5, 0.6) is 0 Å². The maximum atomic E-state index is 12.5. The van der Waals surface area contributed by atoms with Gasteiger partial charge in [0.2, 0.25) is 5.91 Å². The summed E-state index contributed by atoms with van der Waals surface area (Å²) in [4.78, 5) is 14.7. The Hall–Kier alpha value is -0.570. The number of piperidine rings is 1. The van der Waals surface area contributed by atoms with Crippen LogP contribution in [-0.2, 0) is 4.79 Å². The molecule has 1 heterocycles. The Morgan fingerprint density at radius 1 is 1.24 bits per heavy atom. The maximum absolute atomic E-state index is 12.5. The molecule has 2 N–H and O–H groups in total. The van der Waals surface area contributed by atoms with Crippen molar-refractivity contribution in [2.24, 2.45) is 11.7 Å². The van der Waals surface area contributed by atoms with Crippen LogP contribution in [0.4, 0.5) is 0 Å². The normalized spacial score (nSPS) is 34.0. The van der Waals surface area contributed by atoms with Crippen molar-refractivity contribution in [1.29, 1.82) is 0 Å². The quantitative estimate of drug-likeness (QED) is 0.820. The van der Waals surface area contributed by atoms with Gasteiger partial charge >= 0.3 is 0 Å². The highest BCUT2D eigenvalue weighted by molar-refractivity contribution is 5.80. The molecule has 0 aromatic heterocycles. The molecule has 17 heavy (non-hydrogen) atoms. The first-order chi connectivity index (χ1) is 8.24. The fourth-order valence-corrected chi connectivity index (χ4v) is 3.43. The minimum Gasteiger partial charge on any atom is -0.339 e. The van der Waals surface area contributed by atoms with Crippen LogP contribution in [0.1, 0.15) is 58.3 Å². The predicted molar refractivity (Wildman–Crippen MR) is 69.6 cm³/mol. The monoisotopic (exact) mass is 238 g/mol. The number of nitrogens with two attached hydrogens (primary N) is 1. The summed E-state index contributed by atoms with van der Waals surface area (Å²) >= 11 is 0. The summed E-state index contributed by atoms with van der Waals surface area (Å²) in [6, 6.07) is 0.612. The Kier molecular flexibility index (Phi) is 4.43. The third-order valence-electron chi connectivity index (χ3n) is 4.42. The van der Waals surface area contributed by atoms with Gasteiger partial charge in [-0.3, -0.25) is 4.79 Å². The van der Waals surface area contributed by atoms with E-state index >= 15 is 0 Å². The first-order valence-corrected chi connectivity index (χ1v) is 7.30. The molecule has 2 rings (SSSR count). The van der Waals surface area contributed by atoms with Gasteiger partial charge in [0.05, 0.1) is 5.92 Å². The Bertz CT molecular complexity index is 265. The van der Waals surface area contributed by atoms with Crippen LogP contribution >= 0.6 is 0 Å². The van der Waals surface area contributed by atoms with E-state index < -0.39 is 0 Å². The minimum absolute atomic E-state index is 0.117. The summed E-state index contributed by atoms with van der Waals surface area (Å²) in [7, 11) is 0. The van der Waals surface area contributed by atoms with Crippen molar-refractivity contribution in [1.82, 2.24) is 4.90 Å². The molecule has 0 aromatic rings. The first-order valence-electron chi connectivity index (χ1n) is 7.30. The maximum Gasteiger partial charge on any atom is 0.227 e. The summed E-state index contributed by atoms with van der Waals surface area (Å²) in [5, 5.41) is 0. The van der Waals surface area contributed by atoms with E-state index in [1.165, 1.54) is 25.7 Å². The predicted octanol–water partition coefficient (Wildman–Crippen LogP) is 2.29. The van der Waals surface area contributed by atoms with Crippen LogP contribution in [-0.4, -0.2) is 29.4 Å². The molecule has 3 heteroatoms. The third-order valence-corrected chi connectivity index (χ3v) is 4.42. The summed E-state index contributed by atoms with van der Waals surface area (Å²) < 4.78 is 0. The molecule has 3 atom stereocenters. The minimum atomic E-state index is 0.117. The smallest absolute Gasteiger partial charge is 0.227 e. The molecule has 1 amide bonds. The average molecular weight is 238 g/mol. The molecular formula is C14H26N2O. The van der Waals surface area contributed by atoms with Crippen molar-refractivity contribution >= 4 is 5.91 Å². The van der Waals surface area contributed by atoms with Crippen LogP contribution in [0.2, 0.25) is 0 Å². The van der Waals surface area contributed by atoms with Crippen molar-refractivity contribution in [3.63, 3.8) is 0 Å². The molecule has 2 aliphatic rings. The van der Waals surface area contributed by atoms with Gasteiger partial charge in [-0.25, -0.2) is 0 Å². The van der Waals surface area contributed by atoms with E-state index in [0.717, 1.165) is 32.2 Å². The van der Waals surface area contributed by atoms with Gasteiger partial charge in [-0.15, -0.1) is 0 Å². The molecule has 1 saturated heterocycles. The Balaban J connectivity index is 2.00. The number of carbonyl (C=O) groups excluding carboxylic acids is 1. The van der Waals surface area contributed by atoms with Gasteiger partial charge in [0, 0.05) is 18.6 Å². The molecule has 3 nitrogen and oxygen atoms in total. The molecule has 1 aliphatic carbocycles. The van der Waals surface area contributed by atoms with Crippen molar-refractivity contribution in [2.75, 3.05) is 6.54 Å². The van der Waals surface area contributed by atoms with E-state index in [9.17, 15) is 4.79 Å². The molecule has 2 fully saturated rings. The lowest BCUT2D eigenvalue weighted by Crippen LogP contribution is -2.49. The lowest BCUT2D eigenvalue weighted by molar-refractivity contribution is -0.139. The van der Waals surface area contributed by atoms with Crippen LogP contribution in [0, 0.1) is 5.92 Å². The number of hydrogen-bond acceptors (Lipinski definition) is 2. The third kappa shape index (κ3) is 2.82. The number of hydrogen-bond donors (Lipinski definition) is 1. The highest BCUT2D eigenvalue weighted by atomic mass is 16.2. The zero-order valence-electron chi connectivity index (χ0n) is 11.0. The van der Waals surface area contributed by atoms with Crippen molar-refractivity contribution in [2.45, 2.75) is 70.4 Å². The molecule has 3 unspecified atom stereocenters. The first kappa shape index (κ1) is 12.9. The Morgan fingerprint density at radius 3 is 2.71 bits per heavy atom. The largest absolute Gasteiger partial charge is 0.339 e. The molecule has 0 bridgehead atoms. The van der Waals surface area contributed by atoms with Crippen LogP contribution in [0.3, 0.4) is 0 Å². The SMILES string of the molecule is CCCC1CCCCN1C(=O)C1CCCC1N. The fourth-order valence-electron chi connectivity index (χ4n) is 3.43. The van der Waals surface area contributed by atoms with E-state index in [2.05, 4.69) is 11.8 Å². The number of amides is 1. The summed E-state index contributed by atoms with van der Waals surface area (Å²) in [5.41, 5.74) is 6.06. The zero-order chi connectivity index (χ0) is 12.3. The molecule has 1 saturated carbocycles. The molecule has 0 spiro atoms.